The van der Waals surface area contributed by atoms with E-state index in [1.54, 1.807) is 38.2 Å². The first-order chi connectivity index (χ1) is 11.0. The first kappa shape index (κ1) is 20.8. The molecular weight excluding hydrogens is 300 g/mol. The van der Waals surface area contributed by atoms with E-state index in [4.69, 9.17) is 9.47 Å². The van der Waals surface area contributed by atoms with Crippen molar-refractivity contribution in [1.29, 1.82) is 0 Å². The predicted molar refractivity (Wildman–Crippen MR) is 86.4 cm³/mol. The number of rotatable bonds is 10. The third kappa shape index (κ3) is 9.44. The predicted octanol–water partition coefficient (Wildman–Crippen LogP) is 1.31. The highest BCUT2D eigenvalue weighted by molar-refractivity contribution is 5.82. The molecule has 0 aliphatic rings. The Labute approximate surface area is 136 Å². The van der Waals surface area contributed by atoms with E-state index in [-0.39, 0.29) is 13.2 Å². The number of esters is 2. The van der Waals surface area contributed by atoms with E-state index in [0.29, 0.717) is 0 Å². The monoisotopic (exact) mass is 324 g/mol. The van der Waals surface area contributed by atoms with Gasteiger partial charge in [0.2, 0.25) is 0 Å². The summed E-state index contributed by atoms with van der Waals surface area (Å²) >= 11 is 0. The Morgan fingerprint density at radius 2 is 1.22 bits per heavy atom. The SMILES string of the molecule is C/C=C/C=C/C(=O)OCC(CO)(CO)COC(=O)/C=C/C=C/C. The zero-order valence-electron chi connectivity index (χ0n) is 13.5. The Kier molecular flexibility index (Phi) is 11.2. The van der Waals surface area contributed by atoms with Crippen LogP contribution in [-0.2, 0) is 19.1 Å². The van der Waals surface area contributed by atoms with Gasteiger partial charge in [-0.1, -0.05) is 36.5 Å². The molecule has 0 unspecified atom stereocenters. The van der Waals surface area contributed by atoms with Crippen LogP contribution < -0.4 is 0 Å². The fourth-order valence-corrected chi connectivity index (χ4v) is 1.31. The lowest BCUT2D eigenvalue weighted by Gasteiger charge is -2.28. The van der Waals surface area contributed by atoms with Crippen LogP contribution in [0.15, 0.2) is 48.6 Å². The summed E-state index contributed by atoms with van der Waals surface area (Å²) in [4.78, 5) is 23.0. The van der Waals surface area contributed by atoms with Gasteiger partial charge in [-0.05, 0) is 13.8 Å². The normalized spacial score (nSPS) is 12.7. The van der Waals surface area contributed by atoms with Crippen molar-refractivity contribution in [3.8, 4) is 0 Å². The van der Waals surface area contributed by atoms with Gasteiger partial charge in [0.15, 0.2) is 0 Å². The average Bonchev–Trinajstić information content (AvgIpc) is 2.56. The van der Waals surface area contributed by atoms with Gasteiger partial charge in [0.1, 0.15) is 13.2 Å². The Morgan fingerprint density at radius 1 is 0.826 bits per heavy atom. The second-order valence-corrected chi connectivity index (χ2v) is 4.80. The van der Waals surface area contributed by atoms with Crippen LogP contribution in [0.25, 0.3) is 0 Å². The van der Waals surface area contributed by atoms with Crippen LogP contribution >= 0.6 is 0 Å². The lowest BCUT2D eigenvalue weighted by atomic mass is 9.92. The average molecular weight is 324 g/mol. The third-order valence-corrected chi connectivity index (χ3v) is 2.78. The smallest absolute Gasteiger partial charge is 0.330 e. The molecule has 0 radical (unpaired) electrons. The highest BCUT2D eigenvalue weighted by Gasteiger charge is 2.32. The maximum absolute atomic E-state index is 11.5. The van der Waals surface area contributed by atoms with E-state index in [2.05, 4.69) is 0 Å². The summed E-state index contributed by atoms with van der Waals surface area (Å²) in [5.41, 5.74) is -1.24. The Bertz CT molecular complexity index is 429. The van der Waals surface area contributed by atoms with Gasteiger partial charge in [0.05, 0.1) is 18.6 Å². The summed E-state index contributed by atoms with van der Waals surface area (Å²) in [6, 6.07) is 0. The highest BCUT2D eigenvalue weighted by Crippen LogP contribution is 2.17. The van der Waals surface area contributed by atoms with Gasteiger partial charge < -0.3 is 19.7 Å². The van der Waals surface area contributed by atoms with Gasteiger partial charge in [-0.15, -0.1) is 0 Å². The quantitative estimate of drug-likeness (QED) is 0.357. The molecule has 0 saturated carbocycles. The minimum Gasteiger partial charge on any atom is -0.462 e. The van der Waals surface area contributed by atoms with Crippen molar-refractivity contribution >= 4 is 11.9 Å². The molecule has 0 bridgehead atoms. The Hall–Kier alpha value is -2.18. The molecule has 0 amide bonds. The standard InChI is InChI=1S/C17H24O6/c1-3-5-7-9-15(20)22-13-17(11-18,12-19)14-23-16(21)10-8-6-4-2/h3-10,18-19H,11-14H2,1-2H3/b5-3+,6-4+,9-7+,10-8+. The van der Waals surface area contributed by atoms with Crippen molar-refractivity contribution in [2.24, 2.45) is 5.41 Å². The van der Waals surface area contributed by atoms with E-state index < -0.39 is 30.6 Å². The molecule has 0 fully saturated rings. The van der Waals surface area contributed by atoms with Crippen LogP contribution in [0, 0.1) is 5.41 Å². The molecular formula is C17H24O6. The molecule has 0 aliphatic carbocycles. The van der Waals surface area contributed by atoms with Crippen molar-refractivity contribution in [3.05, 3.63) is 48.6 Å². The van der Waals surface area contributed by atoms with Crippen LogP contribution in [0.4, 0.5) is 0 Å². The molecule has 0 aromatic heterocycles. The number of carbonyl (C=O) groups excluding carboxylic acids is 2. The first-order valence-corrected chi connectivity index (χ1v) is 7.17. The van der Waals surface area contributed by atoms with Gasteiger partial charge in [-0.3, -0.25) is 0 Å². The van der Waals surface area contributed by atoms with E-state index in [0.717, 1.165) is 0 Å². The molecule has 128 valence electrons. The molecule has 0 aromatic rings. The Morgan fingerprint density at radius 3 is 1.52 bits per heavy atom. The van der Waals surface area contributed by atoms with Crippen molar-refractivity contribution < 1.29 is 29.3 Å². The second-order valence-electron chi connectivity index (χ2n) is 4.80. The number of aliphatic hydroxyl groups excluding tert-OH is 2. The van der Waals surface area contributed by atoms with E-state index in [1.807, 2.05) is 0 Å². The van der Waals surface area contributed by atoms with E-state index in [9.17, 15) is 19.8 Å². The Balaban J connectivity index is 4.55. The van der Waals surface area contributed by atoms with Gasteiger partial charge in [-0.25, -0.2) is 9.59 Å². The molecule has 6 heteroatoms. The molecule has 0 aromatic carbocycles. The van der Waals surface area contributed by atoms with E-state index >= 15 is 0 Å². The van der Waals surface area contributed by atoms with Crippen molar-refractivity contribution in [1.82, 2.24) is 0 Å². The van der Waals surface area contributed by atoms with Crippen LogP contribution in [0.3, 0.4) is 0 Å². The molecule has 0 aliphatic heterocycles. The largest absolute Gasteiger partial charge is 0.462 e. The van der Waals surface area contributed by atoms with Gasteiger partial charge in [0, 0.05) is 12.2 Å². The van der Waals surface area contributed by atoms with E-state index in [1.165, 1.54) is 24.3 Å². The van der Waals surface area contributed by atoms with Crippen molar-refractivity contribution in [2.45, 2.75) is 13.8 Å². The molecule has 0 atom stereocenters. The van der Waals surface area contributed by atoms with Crippen molar-refractivity contribution in [2.75, 3.05) is 26.4 Å². The van der Waals surface area contributed by atoms with Gasteiger partial charge >= 0.3 is 11.9 Å². The summed E-state index contributed by atoms with van der Waals surface area (Å²) in [6.07, 6.45) is 12.3. The van der Waals surface area contributed by atoms with Crippen LogP contribution in [-0.4, -0.2) is 48.6 Å². The number of hydrogen-bond donors (Lipinski definition) is 2. The summed E-state index contributed by atoms with van der Waals surface area (Å²) < 4.78 is 9.93. The minimum atomic E-state index is -1.24. The minimum absolute atomic E-state index is 0.273. The third-order valence-electron chi connectivity index (χ3n) is 2.78. The highest BCUT2D eigenvalue weighted by atomic mass is 16.5. The van der Waals surface area contributed by atoms with Gasteiger partial charge in [-0.2, -0.15) is 0 Å². The summed E-state index contributed by atoms with van der Waals surface area (Å²) in [5, 5.41) is 18.9. The summed E-state index contributed by atoms with van der Waals surface area (Å²) in [5.74, 6) is -1.23. The molecule has 0 saturated heterocycles. The fourth-order valence-electron chi connectivity index (χ4n) is 1.31. The molecule has 23 heavy (non-hydrogen) atoms. The fraction of sp³-hybridized carbons (Fsp3) is 0.412. The number of aliphatic hydroxyl groups is 2. The number of ether oxygens (including phenoxy) is 2. The topological polar surface area (TPSA) is 93.1 Å². The van der Waals surface area contributed by atoms with Crippen LogP contribution in [0.2, 0.25) is 0 Å². The maximum Gasteiger partial charge on any atom is 0.330 e. The lowest BCUT2D eigenvalue weighted by Crippen LogP contribution is -2.40. The zero-order chi connectivity index (χ0) is 17.6. The number of hydrogen-bond acceptors (Lipinski definition) is 6. The molecule has 0 heterocycles. The molecule has 0 spiro atoms. The summed E-state index contributed by atoms with van der Waals surface area (Å²) in [7, 11) is 0. The van der Waals surface area contributed by atoms with Crippen molar-refractivity contribution in [3.63, 3.8) is 0 Å². The number of allylic oxidation sites excluding steroid dienone is 6. The second kappa shape index (κ2) is 12.4. The molecule has 2 N–H and O–H groups in total. The zero-order valence-corrected chi connectivity index (χ0v) is 13.5. The lowest BCUT2D eigenvalue weighted by molar-refractivity contribution is -0.152. The first-order valence-electron chi connectivity index (χ1n) is 7.17. The van der Waals surface area contributed by atoms with Crippen LogP contribution in [0.1, 0.15) is 13.8 Å². The molecule has 0 rings (SSSR count). The van der Waals surface area contributed by atoms with Gasteiger partial charge in [0.25, 0.3) is 0 Å². The maximum atomic E-state index is 11.5. The van der Waals surface area contributed by atoms with Crippen LogP contribution in [0.5, 0.6) is 0 Å². The number of carbonyl (C=O) groups is 2. The summed E-state index contributed by atoms with van der Waals surface area (Å²) in [6.45, 7) is 2.06. The molecule has 6 nitrogen and oxygen atoms in total.